The number of nitrogens with one attached hydrogen (secondary N) is 1. The number of carbonyl (C=O) groups is 2. The number of likely N-dealkylation sites (tertiary alicyclic amines) is 1. The van der Waals surface area contributed by atoms with Crippen LogP contribution in [0, 0.1) is 5.82 Å². The SMILES string of the molecule is O=C(c1cc2cc(F)ccc2[nH]1)N1CCC(C(=O)O)(n2cccn2)CC1. The van der Waals surface area contributed by atoms with Crippen LogP contribution in [0.4, 0.5) is 4.39 Å². The van der Waals surface area contributed by atoms with E-state index < -0.39 is 11.5 Å². The number of carboxylic acids is 1. The van der Waals surface area contributed by atoms with E-state index in [0.717, 1.165) is 0 Å². The van der Waals surface area contributed by atoms with Crippen molar-refractivity contribution in [2.24, 2.45) is 0 Å². The van der Waals surface area contributed by atoms with E-state index in [-0.39, 0.29) is 24.6 Å². The first kappa shape index (κ1) is 16.3. The maximum atomic E-state index is 13.3. The number of fused-ring (bicyclic) bond motifs is 1. The van der Waals surface area contributed by atoms with Gasteiger partial charge in [-0.05, 0) is 30.3 Å². The third kappa shape index (κ3) is 2.54. The molecule has 1 saturated heterocycles. The third-order valence-electron chi connectivity index (χ3n) is 5.03. The molecule has 1 aliphatic rings. The molecule has 0 aliphatic carbocycles. The zero-order chi connectivity index (χ0) is 18.3. The Balaban J connectivity index is 1.55. The van der Waals surface area contributed by atoms with Gasteiger partial charge in [0.05, 0.1) is 0 Å². The molecule has 3 heterocycles. The number of carbonyl (C=O) groups excluding carboxylic acids is 1. The van der Waals surface area contributed by atoms with Gasteiger partial charge in [-0.2, -0.15) is 5.10 Å². The standard InChI is InChI=1S/C18H17FN4O3/c19-13-2-3-14-12(10-13)11-15(21-14)16(24)22-8-4-18(5-9-22,17(25)26)23-7-1-6-20-23/h1-3,6-7,10-11,21H,4-5,8-9H2,(H,25,26). The highest BCUT2D eigenvalue weighted by atomic mass is 19.1. The molecule has 0 atom stereocenters. The minimum absolute atomic E-state index is 0.221. The van der Waals surface area contributed by atoms with Crippen LogP contribution in [-0.4, -0.2) is 49.7 Å². The van der Waals surface area contributed by atoms with Crippen LogP contribution in [0.1, 0.15) is 23.3 Å². The lowest BCUT2D eigenvalue weighted by atomic mass is 9.87. The summed E-state index contributed by atoms with van der Waals surface area (Å²) in [6, 6.07) is 7.59. The van der Waals surface area contributed by atoms with Crippen molar-refractivity contribution in [2.45, 2.75) is 18.4 Å². The molecule has 8 heteroatoms. The Morgan fingerprint density at radius 3 is 2.65 bits per heavy atom. The summed E-state index contributed by atoms with van der Waals surface area (Å²) in [6.45, 7) is 0.601. The Labute approximate surface area is 148 Å². The molecule has 0 saturated carbocycles. The number of aromatic nitrogens is 3. The number of rotatable bonds is 3. The highest BCUT2D eigenvalue weighted by molar-refractivity contribution is 5.98. The number of piperidine rings is 1. The second-order valence-electron chi connectivity index (χ2n) is 6.49. The van der Waals surface area contributed by atoms with Crippen LogP contribution in [0.15, 0.2) is 42.7 Å². The number of carboxylic acid groups (broad SMARTS) is 1. The van der Waals surface area contributed by atoms with E-state index in [1.807, 2.05) is 0 Å². The summed E-state index contributed by atoms with van der Waals surface area (Å²) in [5.74, 6) is -1.53. The third-order valence-corrected chi connectivity index (χ3v) is 5.03. The number of nitrogens with zero attached hydrogens (tertiary/aromatic N) is 3. The van der Waals surface area contributed by atoms with E-state index >= 15 is 0 Å². The van der Waals surface area contributed by atoms with Gasteiger partial charge < -0.3 is 15.0 Å². The molecule has 0 bridgehead atoms. The number of aromatic amines is 1. The number of hydrogen-bond acceptors (Lipinski definition) is 3. The average molecular weight is 356 g/mol. The van der Waals surface area contributed by atoms with Gasteiger partial charge in [0, 0.05) is 49.2 Å². The number of benzene rings is 1. The van der Waals surface area contributed by atoms with E-state index in [0.29, 0.717) is 29.7 Å². The van der Waals surface area contributed by atoms with Gasteiger partial charge in [-0.1, -0.05) is 0 Å². The van der Waals surface area contributed by atoms with E-state index in [2.05, 4.69) is 10.1 Å². The van der Waals surface area contributed by atoms with Crippen molar-refractivity contribution in [1.82, 2.24) is 19.7 Å². The van der Waals surface area contributed by atoms with Crippen molar-refractivity contribution in [3.05, 3.63) is 54.2 Å². The van der Waals surface area contributed by atoms with Gasteiger partial charge >= 0.3 is 5.97 Å². The molecular weight excluding hydrogens is 339 g/mol. The van der Waals surface area contributed by atoms with E-state index in [1.54, 1.807) is 35.5 Å². The van der Waals surface area contributed by atoms with Crippen molar-refractivity contribution < 1.29 is 19.1 Å². The predicted molar refractivity (Wildman–Crippen MR) is 91.2 cm³/mol. The van der Waals surface area contributed by atoms with Gasteiger partial charge in [-0.3, -0.25) is 9.48 Å². The summed E-state index contributed by atoms with van der Waals surface area (Å²) in [7, 11) is 0. The molecule has 1 amide bonds. The molecule has 2 aromatic heterocycles. The summed E-state index contributed by atoms with van der Waals surface area (Å²) in [5.41, 5.74) is -0.0835. The van der Waals surface area contributed by atoms with Crippen molar-refractivity contribution in [1.29, 1.82) is 0 Å². The highest BCUT2D eigenvalue weighted by Gasteiger charge is 2.44. The Morgan fingerprint density at radius 1 is 1.23 bits per heavy atom. The summed E-state index contributed by atoms with van der Waals surface area (Å²) in [4.78, 5) is 29.2. The topological polar surface area (TPSA) is 91.2 Å². The van der Waals surface area contributed by atoms with Crippen LogP contribution in [0.3, 0.4) is 0 Å². The van der Waals surface area contributed by atoms with Gasteiger partial charge in [-0.25, -0.2) is 9.18 Å². The molecule has 2 N–H and O–H groups in total. The molecule has 134 valence electrons. The van der Waals surface area contributed by atoms with Crippen molar-refractivity contribution in [3.8, 4) is 0 Å². The maximum absolute atomic E-state index is 13.3. The number of H-pyrrole nitrogens is 1. The first-order valence-electron chi connectivity index (χ1n) is 8.31. The lowest BCUT2D eigenvalue weighted by Gasteiger charge is -2.38. The molecular formula is C18H17FN4O3. The first-order chi connectivity index (χ1) is 12.5. The molecule has 1 aliphatic heterocycles. The van der Waals surface area contributed by atoms with Gasteiger partial charge in [-0.15, -0.1) is 0 Å². The Bertz CT molecular complexity index is 972. The summed E-state index contributed by atoms with van der Waals surface area (Å²) in [6.07, 6.45) is 3.72. The summed E-state index contributed by atoms with van der Waals surface area (Å²) >= 11 is 0. The second kappa shape index (κ2) is 5.98. The average Bonchev–Trinajstić information content (AvgIpc) is 3.30. The molecule has 0 spiro atoms. The van der Waals surface area contributed by atoms with Crippen LogP contribution in [0.5, 0.6) is 0 Å². The zero-order valence-corrected chi connectivity index (χ0v) is 13.9. The second-order valence-corrected chi connectivity index (χ2v) is 6.49. The molecule has 0 unspecified atom stereocenters. The van der Waals surface area contributed by atoms with Crippen LogP contribution in [0.25, 0.3) is 10.9 Å². The lowest BCUT2D eigenvalue weighted by molar-refractivity contribution is -0.150. The van der Waals surface area contributed by atoms with Gasteiger partial charge in [0.25, 0.3) is 5.91 Å². The van der Waals surface area contributed by atoms with Gasteiger partial charge in [0.2, 0.25) is 0 Å². The molecule has 1 fully saturated rings. The molecule has 0 radical (unpaired) electrons. The van der Waals surface area contributed by atoms with Crippen LogP contribution in [-0.2, 0) is 10.3 Å². The van der Waals surface area contributed by atoms with Crippen LogP contribution in [0.2, 0.25) is 0 Å². The fourth-order valence-electron chi connectivity index (χ4n) is 3.53. The maximum Gasteiger partial charge on any atom is 0.331 e. The molecule has 4 rings (SSSR count). The minimum atomic E-state index is -1.14. The summed E-state index contributed by atoms with van der Waals surface area (Å²) in [5, 5.41) is 14.4. The molecule has 7 nitrogen and oxygen atoms in total. The largest absolute Gasteiger partial charge is 0.479 e. The van der Waals surface area contributed by atoms with Crippen molar-refractivity contribution in [2.75, 3.05) is 13.1 Å². The minimum Gasteiger partial charge on any atom is -0.479 e. The van der Waals surface area contributed by atoms with Crippen LogP contribution < -0.4 is 0 Å². The zero-order valence-electron chi connectivity index (χ0n) is 13.9. The highest BCUT2D eigenvalue weighted by Crippen LogP contribution is 2.31. The van der Waals surface area contributed by atoms with E-state index in [1.165, 1.54) is 16.8 Å². The monoisotopic (exact) mass is 356 g/mol. The Hall–Kier alpha value is -3.16. The van der Waals surface area contributed by atoms with E-state index in [9.17, 15) is 19.1 Å². The smallest absolute Gasteiger partial charge is 0.331 e. The number of amides is 1. The van der Waals surface area contributed by atoms with Gasteiger partial charge in [0.1, 0.15) is 11.5 Å². The summed E-state index contributed by atoms with van der Waals surface area (Å²) < 4.78 is 14.8. The normalized spacial score (nSPS) is 16.7. The number of aliphatic carboxylic acids is 1. The Kier molecular flexibility index (Phi) is 3.75. The number of hydrogen-bond donors (Lipinski definition) is 2. The van der Waals surface area contributed by atoms with E-state index in [4.69, 9.17) is 0 Å². The number of halogens is 1. The molecule has 26 heavy (non-hydrogen) atoms. The first-order valence-corrected chi connectivity index (χ1v) is 8.31. The van der Waals surface area contributed by atoms with Crippen molar-refractivity contribution in [3.63, 3.8) is 0 Å². The molecule has 1 aromatic carbocycles. The quantitative estimate of drug-likeness (QED) is 0.753. The lowest BCUT2D eigenvalue weighted by Crippen LogP contribution is -2.52. The fourth-order valence-corrected chi connectivity index (χ4v) is 3.53. The van der Waals surface area contributed by atoms with Crippen LogP contribution >= 0.6 is 0 Å². The Morgan fingerprint density at radius 2 is 2.00 bits per heavy atom. The van der Waals surface area contributed by atoms with Crippen molar-refractivity contribution >= 4 is 22.8 Å². The molecule has 3 aromatic rings. The van der Waals surface area contributed by atoms with Gasteiger partial charge in [0.15, 0.2) is 5.54 Å². The predicted octanol–water partition coefficient (Wildman–Crippen LogP) is 2.22. The fraction of sp³-hybridized carbons (Fsp3) is 0.278.